The SMILES string of the molecule is C=C(C)C(=O)OC1C=CC(Cl)=CC1(O)Cl.CC1CCC(C(C)C)C(O)C1. The number of esters is 1. The lowest BCUT2D eigenvalue weighted by molar-refractivity contribution is -0.147. The summed E-state index contributed by atoms with van der Waals surface area (Å²) >= 11 is 11.4. The van der Waals surface area contributed by atoms with Crippen molar-refractivity contribution in [1.29, 1.82) is 0 Å². The quantitative estimate of drug-likeness (QED) is 0.411. The number of carbonyl (C=O) groups excluding carboxylic acids is 1. The van der Waals surface area contributed by atoms with E-state index >= 15 is 0 Å². The van der Waals surface area contributed by atoms with Gasteiger partial charge in [-0.1, -0.05) is 57.0 Å². The van der Waals surface area contributed by atoms with Gasteiger partial charge in [0.25, 0.3) is 0 Å². The Morgan fingerprint density at radius 2 is 2.04 bits per heavy atom. The number of aliphatic hydroxyl groups excluding tert-OH is 1. The number of alkyl halides is 1. The lowest BCUT2D eigenvalue weighted by atomic mass is 9.75. The smallest absolute Gasteiger partial charge is 0.333 e. The van der Waals surface area contributed by atoms with Gasteiger partial charge >= 0.3 is 5.97 Å². The van der Waals surface area contributed by atoms with E-state index < -0.39 is 17.1 Å². The average molecular weight is 405 g/mol. The second kappa shape index (κ2) is 9.93. The minimum atomic E-state index is -1.81. The molecule has 0 aromatic rings. The summed E-state index contributed by atoms with van der Waals surface area (Å²) in [4.78, 5) is 11.2. The Morgan fingerprint density at radius 3 is 2.50 bits per heavy atom. The van der Waals surface area contributed by atoms with Gasteiger partial charge in [-0.2, -0.15) is 0 Å². The summed E-state index contributed by atoms with van der Waals surface area (Å²) < 4.78 is 4.91. The molecule has 6 heteroatoms. The van der Waals surface area contributed by atoms with Crippen LogP contribution in [0, 0.1) is 17.8 Å². The average Bonchev–Trinajstić information content (AvgIpc) is 2.49. The molecule has 2 aliphatic carbocycles. The Hall–Kier alpha value is -0.810. The Kier molecular flexibility index (Phi) is 8.87. The van der Waals surface area contributed by atoms with Gasteiger partial charge < -0.3 is 14.9 Å². The number of allylic oxidation sites excluding steroid dienone is 2. The summed E-state index contributed by atoms with van der Waals surface area (Å²) in [5.74, 6) is 1.33. The minimum absolute atomic E-state index is 0.0289. The van der Waals surface area contributed by atoms with Crippen molar-refractivity contribution < 1.29 is 19.7 Å². The van der Waals surface area contributed by atoms with Crippen molar-refractivity contribution in [2.24, 2.45) is 17.8 Å². The van der Waals surface area contributed by atoms with Crippen molar-refractivity contribution >= 4 is 29.2 Å². The van der Waals surface area contributed by atoms with Crippen LogP contribution in [-0.4, -0.2) is 33.5 Å². The van der Waals surface area contributed by atoms with Crippen LogP contribution in [-0.2, 0) is 9.53 Å². The molecule has 0 spiro atoms. The van der Waals surface area contributed by atoms with E-state index in [4.69, 9.17) is 27.9 Å². The van der Waals surface area contributed by atoms with Crippen LogP contribution >= 0.6 is 23.2 Å². The minimum Gasteiger partial charge on any atom is -0.450 e. The highest BCUT2D eigenvalue weighted by molar-refractivity contribution is 6.33. The fourth-order valence-electron chi connectivity index (χ4n) is 3.13. The number of aliphatic hydroxyl groups is 2. The third kappa shape index (κ3) is 7.07. The number of hydrogen-bond donors (Lipinski definition) is 2. The molecule has 4 nitrogen and oxygen atoms in total. The van der Waals surface area contributed by atoms with Gasteiger partial charge in [0.15, 0.2) is 11.2 Å². The van der Waals surface area contributed by atoms with E-state index in [1.165, 1.54) is 38.0 Å². The fourth-order valence-corrected chi connectivity index (χ4v) is 3.66. The van der Waals surface area contributed by atoms with E-state index in [1.807, 2.05) is 0 Å². The van der Waals surface area contributed by atoms with E-state index in [0.717, 1.165) is 12.3 Å². The zero-order valence-corrected chi connectivity index (χ0v) is 17.4. The first-order chi connectivity index (χ1) is 11.9. The second-order valence-corrected chi connectivity index (χ2v) is 8.66. The second-order valence-electron chi connectivity index (χ2n) is 7.62. The molecule has 0 saturated heterocycles. The zero-order valence-electron chi connectivity index (χ0n) is 15.9. The van der Waals surface area contributed by atoms with Crippen LogP contribution in [0.25, 0.3) is 0 Å². The molecule has 0 aromatic heterocycles. The Morgan fingerprint density at radius 1 is 1.42 bits per heavy atom. The lowest BCUT2D eigenvalue weighted by Gasteiger charge is -2.33. The van der Waals surface area contributed by atoms with Crippen molar-refractivity contribution in [3.63, 3.8) is 0 Å². The molecule has 1 fully saturated rings. The van der Waals surface area contributed by atoms with Crippen molar-refractivity contribution in [2.75, 3.05) is 0 Å². The maximum atomic E-state index is 11.2. The molecule has 2 aliphatic rings. The van der Waals surface area contributed by atoms with Crippen LogP contribution in [0.5, 0.6) is 0 Å². The summed E-state index contributed by atoms with van der Waals surface area (Å²) in [7, 11) is 0. The van der Waals surface area contributed by atoms with Gasteiger partial charge in [-0.3, -0.25) is 0 Å². The highest BCUT2D eigenvalue weighted by Gasteiger charge is 2.36. The normalized spacial score (nSPS) is 33.8. The van der Waals surface area contributed by atoms with Crippen LogP contribution in [0.2, 0.25) is 0 Å². The standard InChI is InChI=1S/C10H10Cl2O3.C10H20O/c1-6(2)9(13)15-8-4-3-7(11)5-10(8,12)14;1-7(2)9-5-4-8(3)6-10(9)11/h3-5,8,14H,1H2,2H3;7-11H,4-6H2,1-3H3. The summed E-state index contributed by atoms with van der Waals surface area (Å²) in [6.45, 7) is 11.6. The molecule has 5 atom stereocenters. The van der Waals surface area contributed by atoms with Gasteiger partial charge in [0.2, 0.25) is 0 Å². The van der Waals surface area contributed by atoms with Gasteiger partial charge in [0, 0.05) is 10.6 Å². The first-order valence-electron chi connectivity index (χ1n) is 8.96. The molecule has 0 aliphatic heterocycles. The number of ether oxygens (including phenoxy) is 1. The Bertz CT molecular complexity index is 566. The fraction of sp³-hybridized carbons (Fsp3) is 0.650. The monoisotopic (exact) mass is 404 g/mol. The molecule has 2 rings (SSSR count). The molecule has 2 N–H and O–H groups in total. The predicted molar refractivity (Wildman–Crippen MR) is 106 cm³/mol. The van der Waals surface area contributed by atoms with Gasteiger partial charge in [-0.25, -0.2) is 4.79 Å². The largest absolute Gasteiger partial charge is 0.450 e. The number of carbonyl (C=O) groups is 1. The van der Waals surface area contributed by atoms with E-state index in [0.29, 0.717) is 11.8 Å². The zero-order chi connectivity index (χ0) is 20.1. The van der Waals surface area contributed by atoms with Crippen LogP contribution in [0.3, 0.4) is 0 Å². The van der Waals surface area contributed by atoms with Gasteiger partial charge in [0.05, 0.1) is 6.10 Å². The summed E-state index contributed by atoms with van der Waals surface area (Å²) in [6, 6.07) is 0. The molecule has 0 radical (unpaired) electrons. The molecular formula is C20H30Cl2O4. The Balaban J connectivity index is 0.000000273. The topological polar surface area (TPSA) is 66.8 Å². The molecule has 26 heavy (non-hydrogen) atoms. The van der Waals surface area contributed by atoms with E-state index in [2.05, 4.69) is 27.4 Å². The van der Waals surface area contributed by atoms with Crippen LogP contribution in [0.4, 0.5) is 0 Å². The predicted octanol–water partition coefficient (Wildman–Crippen LogP) is 4.53. The number of halogens is 2. The van der Waals surface area contributed by atoms with E-state index in [-0.39, 0.29) is 16.7 Å². The molecular weight excluding hydrogens is 375 g/mol. The van der Waals surface area contributed by atoms with Gasteiger partial charge in [-0.15, -0.1) is 0 Å². The maximum absolute atomic E-state index is 11.2. The maximum Gasteiger partial charge on any atom is 0.333 e. The van der Waals surface area contributed by atoms with Gasteiger partial charge in [-0.05, 0) is 55.7 Å². The van der Waals surface area contributed by atoms with Crippen molar-refractivity contribution in [1.82, 2.24) is 0 Å². The third-order valence-electron chi connectivity index (χ3n) is 4.74. The van der Waals surface area contributed by atoms with Crippen LogP contribution in [0.15, 0.2) is 35.4 Å². The molecule has 5 unspecified atom stereocenters. The summed E-state index contributed by atoms with van der Waals surface area (Å²) in [5, 5.41) is 17.9. The molecule has 0 bridgehead atoms. The van der Waals surface area contributed by atoms with Crippen LogP contribution in [0.1, 0.15) is 47.0 Å². The lowest BCUT2D eigenvalue weighted by Crippen LogP contribution is -2.38. The number of hydrogen-bond acceptors (Lipinski definition) is 4. The first kappa shape index (κ1) is 23.2. The van der Waals surface area contributed by atoms with E-state index in [9.17, 15) is 15.0 Å². The highest BCUT2D eigenvalue weighted by atomic mass is 35.5. The van der Waals surface area contributed by atoms with Crippen LogP contribution < -0.4 is 0 Å². The molecule has 148 valence electrons. The summed E-state index contributed by atoms with van der Waals surface area (Å²) in [5.41, 5.74) is 0.233. The highest BCUT2D eigenvalue weighted by Crippen LogP contribution is 2.33. The molecule has 0 aromatic carbocycles. The first-order valence-corrected chi connectivity index (χ1v) is 9.72. The van der Waals surface area contributed by atoms with Crippen molar-refractivity contribution in [2.45, 2.75) is 64.2 Å². The molecule has 0 amide bonds. The molecule has 0 heterocycles. The number of rotatable bonds is 3. The van der Waals surface area contributed by atoms with Crippen molar-refractivity contribution in [3.05, 3.63) is 35.4 Å². The van der Waals surface area contributed by atoms with E-state index in [1.54, 1.807) is 0 Å². The molecule has 1 saturated carbocycles. The van der Waals surface area contributed by atoms with Gasteiger partial charge in [0.1, 0.15) is 0 Å². The summed E-state index contributed by atoms with van der Waals surface area (Å²) in [6.07, 6.45) is 6.66. The van der Waals surface area contributed by atoms with Crippen molar-refractivity contribution in [3.8, 4) is 0 Å². The third-order valence-corrected chi connectivity index (χ3v) is 5.30. The Labute approximate surface area is 166 Å².